The van der Waals surface area contributed by atoms with Crippen LogP contribution in [0.25, 0.3) is 0 Å². The van der Waals surface area contributed by atoms with Crippen molar-refractivity contribution in [2.75, 3.05) is 6.61 Å². The van der Waals surface area contributed by atoms with E-state index in [9.17, 15) is 22.4 Å². The van der Waals surface area contributed by atoms with Crippen molar-refractivity contribution in [3.63, 3.8) is 0 Å². The number of carbonyl (C=O) groups is 1. The van der Waals surface area contributed by atoms with Gasteiger partial charge in [0.15, 0.2) is 23.2 Å². The minimum atomic E-state index is -1.12. The Balaban J connectivity index is 1.18. The van der Waals surface area contributed by atoms with E-state index in [1.165, 1.54) is 12.5 Å². The highest BCUT2D eigenvalue weighted by molar-refractivity contribution is 5.75. The van der Waals surface area contributed by atoms with Crippen LogP contribution >= 0.6 is 0 Å². The van der Waals surface area contributed by atoms with E-state index in [1.807, 2.05) is 0 Å². The Bertz CT molecular complexity index is 1130. The molecule has 5 rings (SSSR count). The molecule has 0 N–H and O–H groups in total. The average molecular weight is 519 g/mol. The Kier molecular flexibility index (Phi) is 7.89. The van der Waals surface area contributed by atoms with Crippen molar-refractivity contribution in [3.05, 3.63) is 64.2 Å². The first-order valence-electron chi connectivity index (χ1n) is 13.7. The van der Waals surface area contributed by atoms with Gasteiger partial charge in [-0.25, -0.2) is 13.2 Å². The van der Waals surface area contributed by atoms with E-state index in [-0.39, 0.29) is 29.3 Å². The summed E-state index contributed by atoms with van der Waals surface area (Å²) in [6, 6.07) is 6.09. The second kappa shape index (κ2) is 11.1. The molecule has 3 nitrogen and oxygen atoms in total. The third-order valence-electron chi connectivity index (χ3n) is 8.59. The first-order valence-corrected chi connectivity index (χ1v) is 13.7. The third kappa shape index (κ3) is 5.57. The van der Waals surface area contributed by atoms with Crippen molar-refractivity contribution in [1.82, 2.24) is 0 Å². The Morgan fingerprint density at radius 1 is 0.784 bits per heavy atom. The molecule has 1 heterocycles. The number of hydrogen-bond donors (Lipinski definition) is 0. The van der Waals surface area contributed by atoms with E-state index in [0.717, 1.165) is 32.1 Å². The molecule has 1 unspecified atom stereocenters. The standard InChI is InChI=1S/C30H34F4O3/c1-2-3-17-4-6-18(7-5-17)22-14-15-24(29(34)27(22)32)37-30(35)20-10-8-19(9-11-20)21-12-13-23(25-16-36-25)28(33)26(21)31/h12-15,17-20,25H,2-11,16H2,1H3. The zero-order valence-electron chi connectivity index (χ0n) is 21.2. The van der Waals surface area contributed by atoms with Crippen molar-refractivity contribution >= 4 is 5.97 Å². The van der Waals surface area contributed by atoms with E-state index in [0.29, 0.717) is 49.3 Å². The number of hydrogen-bond acceptors (Lipinski definition) is 3. The summed E-state index contributed by atoms with van der Waals surface area (Å²) < 4.78 is 69.3. The van der Waals surface area contributed by atoms with Gasteiger partial charge in [0.25, 0.3) is 0 Å². The van der Waals surface area contributed by atoms with Gasteiger partial charge in [-0.3, -0.25) is 4.79 Å². The summed E-state index contributed by atoms with van der Waals surface area (Å²) in [5.41, 5.74) is 0.908. The summed E-state index contributed by atoms with van der Waals surface area (Å²) in [5, 5.41) is 0. The number of ether oxygens (including phenoxy) is 2. The third-order valence-corrected chi connectivity index (χ3v) is 8.59. The molecule has 2 saturated carbocycles. The highest BCUT2D eigenvalue weighted by Crippen LogP contribution is 2.42. The number of halogens is 4. The molecule has 200 valence electrons. The number of esters is 1. The Morgan fingerprint density at radius 3 is 1.89 bits per heavy atom. The van der Waals surface area contributed by atoms with Crippen molar-refractivity contribution in [1.29, 1.82) is 0 Å². The van der Waals surface area contributed by atoms with Crippen LogP contribution in [0.1, 0.15) is 106 Å². The molecule has 0 spiro atoms. The fourth-order valence-electron chi connectivity index (χ4n) is 6.31. The minimum absolute atomic E-state index is 0.0151. The van der Waals surface area contributed by atoms with E-state index in [1.54, 1.807) is 18.2 Å². The highest BCUT2D eigenvalue weighted by atomic mass is 19.2. The molecule has 2 aromatic rings. The smallest absolute Gasteiger partial charge is 0.314 e. The molecule has 2 aliphatic carbocycles. The largest absolute Gasteiger partial charge is 0.423 e. The molecule has 1 aliphatic heterocycles. The fraction of sp³-hybridized carbons (Fsp3) is 0.567. The van der Waals surface area contributed by atoms with Crippen LogP contribution in [0.2, 0.25) is 0 Å². The van der Waals surface area contributed by atoms with Crippen molar-refractivity contribution in [2.45, 2.75) is 89.1 Å². The summed E-state index contributed by atoms with van der Waals surface area (Å²) in [4.78, 5) is 12.7. The molecule has 1 atom stereocenters. The lowest BCUT2D eigenvalue weighted by molar-refractivity contribution is -0.140. The number of rotatable bonds is 7. The molecule has 2 aromatic carbocycles. The first-order chi connectivity index (χ1) is 17.9. The van der Waals surface area contributed by atoms with Gasteiger partial charge < -0.3 is 9.47 Å². The summed E-state index contributed by atoms with van der Waals surface area (Å²) in [6.07, 6.45) is 7.43. The lowest BCUT2D eigenvalue weighted by Gasteiger charge is -2.29. The topological polar surface area (TPSA) is 38.8 Å². The number of epoxide rings is 1. The number of carbonyl (C=O) groups excluding carboxylic acids is 1. The maximum Gasteiger partial charge on any atom is 0.314 e. The molecule has 1 saturated heterocycles. The summed E-state index contributed by atoms with van der Waals surface area (Å²) in [7, 11) is 0. The fourth-order valence-corrected chi connectivity index (χ4v) is 6.31. The van der Waals surface area contributed by atoms with Crippen LogP contribution in [0.4, 0.5) is 17.6 Å². The molecule has 0 amide bonds. The lowest BCUT2D eigenvalue weighted by atomic mass is 9.77. The Labute approximate surface area is 215 Å². The van der Waals surface area contributed by atoms with Crippen LogP contribution in [-0.2, 0) is 9.53 Å². The van der Waals surface area contributed by atoms with Crippen molar-refractivity contribution < 1.29 is 31.8 Å². The molecule has 0 bridgehead atoms. The van der Waals surface area contributed by atoms with Crippen molar-refractivity contribution in [3.8, 4) is 5.75 Å². The molecule has 0 radical (unpaired) electrons. The lowest BCUT2D eigenvalue weighted by Crippen LogP contribution is -2.26. The monoisotopic (exact) mass is 518 g/mol. The summed E-state index contributed by atoms with van der Waals surface area (Å²) >= 11 is 0. The maximum atomic E-state index is 14.9. The van der Waals surface area contributed by atoms with E-state index in [2.05, 4.69) is 6.92 Å². The average Bonchev–Trinajstić information content (AvgIpc) is 3.75. The van der Waals surface area contributed by atoms with Gasteiger partial charge in [-0.2, -0.15) is 4.39 Å². The Hall–Kier alpha value is -2.41. The van der Waals surface area contributed by atoms with Crippen LogP contribution in [0, 0.1) is 35.1 Å². The van der Waals surface area contributed by atoms with Gasteiger partial charge in [0.05, 0.1) is 12.5 Å². The second-order valence-electron chi connectivity index (χ2n) is 11.0. The van der Waals surface area contributed by atoms with Crippen LogP contribution in [0.15, 0.2) is 24.3 Å². The van der Waals surface area contributed by atoms with Gasteiger partial charge in [-0.15, -0.1) is 0 Å². The van der Waals surface area contributed by atoms with Gasteiger partial charge >= 0.3 is 5.97 Å². The molecule has 0 aromatic heterocycles. The van der Waals surface area contributed by atoms with Gasteiger partial charge in [0.1, 0.15) is 6.10 Å². The Morgan fingerprint density at radius 2 is 1.30 bits per heavy atom. The maximum absolute atomic E-state index is 14.9. The highest BCUT2D eigenvalue weighted by Gasteiger charge is 2.34. The predicted octanol–water partition coefficient (Wildman–Crippen LogP) is 8.27. The van der Waals surface area contributed by atoms with Crippen molar-refractivity contribution in [2.24, 2.45) is 11.8 Å². The second-order valence-corrected chi connectivity index (χ2v) is 11.0. The molecule has 37 heavy (non-hydrogen) atoms. The number of benzene rings is 2. The molecule has 3 aliphatic rings. The van der Waals surface area contributed by atoms with E-state index < -0.39 is 35.2 Å². The van der Waals surface area contributed by atoms with E-state index >= 15 is 0 Å². The van der Waals surface area contributed by atoms with Gasteiger partial charge in [0, 0.05) is 5.56 Å². The normalized spacial score (nSPS) is 27.6. The quantitative estimate of drug-likeness (QED) is 0.160. The molecular weight excluding hydrogens is 484 g/mol. The minimum Gasteiger partial charge on any atom is -0.423 e. The first kappa shape index (κ1) is 26.2. The summed E-state index contributed by atoms with van der Waals surface area (Å²) in [6.45, 7) is 2.56. The SMILES string of the molecule is CCCC1CCC(c2ccc(OC(=O)C3CCC(c4ccc(C5CO5)c(F)c4F)CC3)c(F)c2F)CC1. The predicted molar refractivity (Wildman–Crippen MR) is 131 cm³/mol. The summed E-state index contributed by atoms with van der Waals surface area (Å²) in [5.74, 6) is -4.83. The van der Waals surface area contributed by atoms with Gasteiger partial charge in [-0.1, -0.05) is 38.0 Å². The molecular formula is C30H34F4O3. The zero-order chi connectivity index (χ0) is 26.1. The van der Waals surface area contributed by atoms with Gasteiger partial charge in [-0.05, 0) is 86.3 Å². The molecule has 7 heteroatoms. The van der Waals surface area contributed by atoms with Crippen LogP contribution in [-0.4, -0.2) is 12.6 Å². The van der Waals surface area contributed by atoms with Crippen LogP contribution < -0.4 is 4.74 Å². The van der Waals surface area contributed by atoms with Crippen LogP contribution in [0.3, 0.4) is 0 Å². The van der Waals surface area contributed by atoms with Gasteiger partial charge in [0.2, 0.25) is 5.82 Å². The van der Waals surface area contributed by atoms with Crippen LogP contribution in [0.5, 0.6) is 5.75 Å². The zero-order valence-corrected chi connectivity index (χ0v) is 21.2. The van der Waals surface area contributed by atoms with E-state index in [4.69, 9.17) is 9.47 Å². The molecule has 3 fully saturated rings.